The fourth-order valence-corrected chi connectivity index (χ4v) is 2.58. The molecule has 1 nitrogen and oxygen atoms in total. The molecule has 114 valence electrons. The molecule has 0 saturated heterocycles. The Balaban J connectivity index is 1.81. The molecular formula is C21H26N+. The minimum Gasteiger partial charge on any atom is -0.203 e. The highest BCUT2D eigenvalue weighted by atomic mass is 14.9. The van der Waals surface area contributed by atoms with Crippen molar-refractivity contribution in [2.24, 2.45) is 0 Å². The monoisotopic (exact) mass is 292 g/mol. The largest absolute Gasteiger partial charge is 0.203 e. The maximum Gasteiger partial charge on any atom is 0.178 e. The third kappa shape index (κ3) is 5.04. The lowest BCUT2D eigenvalue weighted by Gasteiger charge is -2.00. The van der Waals surface area contributed by atoms with Gasteiger partial charge in [0, 0.05) is 37.5 Å². The van der Waals surface area contributed by atoms with E-state index in [2.05, 4.69) is 79.8 Å². The first-order valence-electron chi connectivity index (χ1n) is 8.23. The Kier molecular flexibility index (Phi) is 6.22. The van der Waals surface area contributed by atoms with Crippen molar-refractivity contribution in [1.82, 2.24) is 0 Å². The second-order valence-corrected chi connectivity index (χ2v) is 5.89. The van der Waals surface area contributed by atoms with E-state index in [0.29, 0.717) is 0 Å². The SMILES string of the molecule is CCCc1ccc(C#CCCC[n+]2ccc(C)cc2C)cc1. The summed E-state index contributed by atoms with van der Waals surface area (Å²) < 4.78 is 2.30. The van der Waals surface area contributed by atoms with Gasteiger partial charge in [-0.15, -0.1) is 0 Å². The zero-order valence-electron chi connectivity index (χ0n) is 14.0. The number of pyridine rings is 1. The molecule has 2 rings (SSSR count). The summed E-state index contributed by atoms with van der Waals surface area (Å²) in [4.78, 5) is 0. The summed E-state index contributed by atoms with van der Waals surface area (Å²) in [5.41, 5.74) is 5.16. The molecule has 0 bridgehead atoms. The zero-order valence-corrected chi connectivity index (χ0v) is 14.0. The van der Waals surface area contributed by atoms with E-state index in [4.69, 9.17) is 0 Å². The van der Waals surface area contributed by atoms with E-state index in [1.54, 1.807) is 0 Å². The van der Waals surface area contributed by atoms with E-state index in [0.717, 1.165) is 31.4 Å². The Hall–Kier alpha value is -2.07. The molecule has 1 aromatic carbocycles. The summed E-state index contributed by atoms with van der Waals surface area (Å²) in [6, 6.07) is 13.0. The van der Waals surface area contributed by atoms with E-state index in [1.807, 2.05) is 0 Å². The first-order valence-corrected chi connectivity index (χ1v) is 8.23. The van der Waals surface area contributed by atoms with E-state index >= 15 is 0 Å². The third-order valence-corrected chi connectivity index (χ3v) is 3.83. The third-order valence-electron chi connectivity index (χ3n) is 3.83. The Bertz CT molecular complexity index is 657. The fourth-order valence-electron chi connectivity index (χ4n) is 2.58. The van der Waals surface area contributed by atoms with Crippen LogP contribution in [0.1, 0.15) is 48.6 Å². The molecule has 1 heteroatoms. The van der Waals surface area contributed by atoms with E-state index in [-0.39, 0.29) is 0 Å². The first kappa shape index (κ1) is 16.3. The minimum absolute atomic E-state index is 0.941. The summed E-state index contributed by atoms with van der Waals surface area (Å²) >= 11 is 0. The maximum absolute atomic E-state index is 3.29. The number of rotatable bonds is 5. The minimum atomic E-state index is 0.941. The van der Waals surface area contributed by atoms with Crippen LogP contribution in [0.2, 0.25) is 0 Å². The van der Waals surface area contributed by atoms with E-state index in [9.17, 15) is 0 Å². The highest BCUT2D eigenvalue weighted by Gasteiger charge is 2.04. The summed E-state index contributed by atoms with van der Waals surface area (Å²) in [6.07, 6.45) is 6.55. The second kappa shape index (κ2) is 8.39. The van der Waals surface area contributed by atoms with Gasteiger partial charge in [0.1, 0.15) is 6.54 Å². The molecule has 0 unspecified atom stereocenters. The van der Waals surface area contributed by atoms with Crippen LogP contribution in [0.15, 0.2) is 42.6 Å². The van der Waals surface area contributed by atoms with Crippen molar-refractivity contribution in [1.29, 1.82) is 0 Å². The van der Waals surface area contributed by atoms with Crippen LogP contribution in [0.3, 0.4) is 0 Å². The molecule has 0 radical (unpaired) electrons. The standard InChI is InChI=1S/C21H26N/c1-4-8-20-10-12-21(13-11-20)9-6-5-7-15-22-16-14-18(2)17-19(22)3/h10-14,16-17H,4-5,7-8,15H2,1-3H3/q+1. The fraction of sp³-hybridized carbons (Fsp3) is 0.381. The van der Waals surface area contributed by atoms with Gasteiger partial charge in [0.25, 0.3) is 0 Å². The van der Waals surface area contributed by atoms with Gasteiger partial charge in [-0.25, -0.2) is 4.57 Å². The number of hydrogen-bond acceptors (Lipinski definition) is 0. The predicted molar refractivity (Wildman–Crippen MR) is 92.7 cm³/mol. The van der Waals surface area contributed by atoms with Crippen LogP contribution in [0.25, 0.3) is 0 Å². The summed E-state index contributed by atoms with van der Waals surface area (Å²) in [5.74, 6) is 6.56. The number of hydrogen-bond donors (Lipinski definition) is 0. The lowest BCUT2D eigenvalue weighted by Crippen LogP contribution is -2.36. The number of aryl methyl sites for hydroxylation is 4. The van der Waals surface area contributed by atoms with Gasteiger partial charge in [-0.3, -0.25) is 0 Å². The van der Waals surface area contributed by atoms with Gasteiger partial charge in [-0.05, 0) is 36.6 Å². The summed E-state index contributed by atoms with van der Waals surface area (Å²) in [6.45, 7) is 7.54. The lowest BCUT2D eigenvalue weighted by molar-refractivity contribution is -0.703. The molecule has 0 aliphatic carbocycles. The Morgan fingerprint density at radius 3 is 2.50 bits per heavy atom. The lowest BCUT2D eigenvalue weighted by atomic mass is 10.1. The summed E-state index contributed by atoms with van der Waals surface area (Å²) in [5, 5.41) is 0. The molecule has 1 heterocycles. The average molecular weight is 292 g/mol. The zero-order chi connectivity index (χ0) is 15.8. The normalized spacial score (nSPS) is 10.1. The maximum atomic E-state index is 3.29. The Morgan fingerprint density at radius 1 is 1.05 bits per heavy atom. The second-order valence-electron chi connectivity index (χ2n) is 5.89. The molecule has 2 aromatic rings. The van der Waals surface area contributed by atoms with Crippen molar-refractivity contribution in [2.45, 2.75) is 53.0 Å². The molecule has 22 heavy (non-hydrogen) atoms. The molecule has 0 atom stereocenters. The summed E-state index contributed by atoms with van der Waals surface area (Å²) in [7, 11) is 0. The van der Waals surface area contributed by atoms with Crippen molar-refractivity contribution in [2.75, 3.05) is 0 Å². The van der Waals surface area contributed by atoms with E-state index in [1.165, 1.54) is 23.2 Å². The van der Waals surface area contributed by atoms with Gasteiger partial charge in [0.15, 0.2) is 11.9 Å². The van der Waals surface area contributed by atoms with Crippen molar-refractivity contribution in [3.63, 3.8) is 0 Å². The molecule has 0 amide bonds. The number of benzene rings is 1. The molecule has 0 saturated carbocycles. The highest BCUT2D eigenvalue weighted by Crippen LogP contribution is 2.05. The molecular weight excluding hydrogens is 266 g/mol. The van der Waals surface area contributed by atoms with Crippen LogP contribution >= 0.6 is 0 Å². The van der Waals surface area contributed by atoms with Gasteiger partial charge in [0.05, 0.1) is 0 Å². The van der Waals surface area contributed by atoms with Gasteiger partial charge in [0.2, 0.25) is 0 Å². The molecule has 0 fully saturated rings. The molecule has 0 aliphatic heterocycles. The number of nitrogens with zero attached hydrogens (tertiary/aromatic N) is 1. The average Bonchev–Trinajstić information content (AvgIpc) is 2.51. The predicted octanol–water partition coefficient (Wildman–Crippen LogP) is 4.38. The van der Waals surface area contributed by atoms with Crippen molar-refractivity contribution in [3.8, 4) is 11.8 Å². The van der Waals surface area contributed by atoms with Crippen LogP contribution in [-0.2, 0) is 13.0 Å². The number of aromatic nitrogens is 1. The first-order chi connectivity index (χ1) is 10.7. The Labute approximate surface area is 135 Å². The quantitative estimate of drug-likeness (QED) is 0.437. The van der Waals surface area contributed by atoms with Crippen LogP contribution in [0.4, 0.5) is 0 Å². The van der Waals surface area contributed by atoms with Crippen LogP contribution in [-0.4, -0.2) is 0 Å². The van der Waals surface area contributed by atoms with Gasteiger partial charge < -0.3 is 0 Å². The van der Waals surface area contributed by atoms with Crippen molar-refractivity contribution in [3.05, 3.63) is 65.0 Å². The Morgan fingerprint density at radius 2 is 1.82 bits per heavy atom. The van der Waals surface area contributed by atoms with Gasteiger partial charge in [-0.1, -0.05) is 37.3 Å². The molecule has 0 aliphatic rings. The topological polar surface area (TPSA) is 3.88 Å². The van der Waals surface area contributed by atoms with Gasteiger partial charge >= 0.3 is 0 Å². The van der Waals surface area contributed by atoms with Crippen LogP contribution < -0.4 is 4.57 Å². The molecule has 0 spiro atoms. The van der Waals surface area contributed by atoms with E-state index < -0.39 is 0 Å². The van der Waals surface area contributed by atoms with Crippen molar-refractivity contribution < 1.29 is 4.57 Å². The molecule has 0 N–H and O–H groups in total. The smallest absolute Gasteiger partial charge is 0.178 e. The van der Waals surface area contributed by atoms with Crippen LogP contribution in [0, 0.1) is 25.7 Å². The van der Waals surface area contributed by atoms with Gasteiger partial charge in [-0.2, -0.15) is 0 Å². The number of unbranched alkanes of at least 4 members (excludes halogenated alkanes) is 1. The highest BCUT2D eigenvalue weighted by molar-refractivity contribution is 5.36. The van der Waals surface area contributed by atoms with Crippen molar-refractivity contribution >= 4 is 0 Å². The molecule has 1 aromatic heterocycles. The van der Waals surface area contributed by atoms with Crippen LogP contribution in [0.5, 0.6) is 0 Å².